The molecule has 1 heterocycles. The summed E-state index contributed by atoms with van der Waals surface area (Å²) in [6.45, 7) is 8.76. The third-order valence-electron chi connectivity index (χ3n) is 2.43. The number of hydrogen-bond acceptors (Lipinski definition) is 4. The summed E-state index contributed by atoms with van der Waals surface area (Å²) >= 11 is 6.64. The van der Waals surface area contributed by atoms with Gasteiger partial charge in [-0.3, -0.25) is 0 Å². The highest BCUT2D eigenvalue weighted by atomic mass is 32.1. The second kappa shape index (κ2) is 6.70. The molecule has 1 aromatic rings. The van der Waals surface area contributed by atoms with E-state index in [0.717, 1.165) is 22.0 Å². The molecule has 0 radical (unpaired) electrons. The summed E-state index contributed by atoms with van der Waals surface area (Å²) in [7, 11) is 0. The molecule has 0 amide bonds. The molecule has 0 aliphatic rings. The van der Waals surface area contributed by atoms with Crippen LogP contribution in [-0.4, -0.2) is 24.2 Å². The van der Waals surface area contributed by atoms with Gasteiger partial charge < -0.3 is 15.4 Å². The second-order valence-electron chi connectivity index (χ2n) is 3.69. The zero-order chi connectivity index (χ0) is 13.7. The van der Waals surface area contributed by atoms with Gasteiger partial charge >= 0.3 is 5.97 Å². The number of carbonyl (C=O) groups is 1. The van der Waals surface area contributed by atoms with Crippen LogP contribution in [0.25, 0.3) is 0 Å². The van der Waals surface area contributed by atoms with Crippen molar-refractivity contribution in [3.05, 3.63) is 16.0 Å². The molecule has 0 aromatic carbocycles. The Morgan fingerprint density at radius 3 is 2.61 bits per heavy atom. The SMILES string of the molecule is CCNC(=S)Nc1sc(C)c(C)c1C(=O)OCC. The summed E-state index contributed by atoms with van der Waals surface area (Å²) in [5.74, 6) is -0.304. The smallest absolute Gasteiger partial charge is 0.341 e. The van der Waals surface area contributed by atoms with Crippen LogP contribution in [0, 0.1) is 13.8 Å². The van der Waals surface area contributed by atoms with Gasteiger partial charge in [-0.2, -0.15) is 0 Å². The molecule has 4 nitrogen and oxygen atoms in total. The van der Waals surface area contributed by atoms with Crippen LogP contribution < -0.4 is 10.6 Å². The lowest BCUT2D eigenvalue weighted by molar-refractivity contribution is 0.0527. The Labute approximate surface area is 117 Å². The first-order valence-corrected chi connectivity index (χ1v) is 7.05. The standard InChI is InChI=1S/C12H18N2O2S2/c1-5-13-12(17)14-10-9(11(15)16-6-2)7(3)8(4)18-10/h5-6H2,1-4H3,(H2,13,14,17). The van der Waals surface area contributed by atoms with Crippen molar-refractivity contribution in [3.8, 4) is 0 Å². The average Bonchev–Trinajstić information content (AvgIpc) is 2.55. The Morgan fingerprint density at radius 2 is 2.06 bits per heavy atom. The Balaban J connectivity index is 3.00. The molecule has 0 saturated carbocycles. The van der Waals surface area contributed by atoms with Crippen molar-refractivity contribution in [2.45, 2.75) is 27.7 Å². The van der Waals surface area contributed by atoms with E-state index in [-0.39, 0.29) is 5.97 Å². The first-order chi connectivity index (χ1) is 8.51. The van der Waals surface area contributed by atoms with Gasteiger partial charge in [0.2, 0.25) is 0 Å². The van der Waals surface area contributed by atoms with E-state index in [4.69, 9.17) is 17.0 Å². The number of esters is 1. The van der Waals surface area contributed by atoms with E-state index in [1.165, 1.54) is 11.3 Å². The number of anilines is 1. The van der Waals surface area contributed by atoms with Gasteiger partial charge in [-0.25, -0.2) is 4.79 Å². The summed E-state index contributed by atoms with van der Waals surface area (Å²) < 4.78 is 5.07. The molecule has 0 fully saturated rings. The van der Waals surface area contributed by atoms with Gasteiger partial charge in [0.1, 0.15) is 5.00 Å². The zero-order valence-corrected chi connectivity index (χ0v) is 12.7. The maximum absolute atomic E-state index is 11.9. The monoisotopic (exact) mass is 286 g/mol. The lowest BCUT2D eigenvalue weighted by Crippen LogP contribution is -2.28. The molecule has 1 rings (SSSR count). The van der Waals surface area contributed by atoms with Gasteiger partial charge in [-0.05, 0) is 45.5 Å². The predicted octanol–water partition coefficient (Wildman–Crippen LogP) is 2.85. The maximum atomic E-state index is 11.9. The molecule has 0 bridgehead atoms. The molecule has 0 spiro atoms. The van der Waals surface area contributed by atoms with Crippen LogP contribution in [-0.2, 0) is 4.74 Å². The summed E-state index contributed by atoms with van der Waals surface area (Å²) in [6.07, 6.45) is 0. The summed E-state index contributed by atoms with van der Waals surface area (Å²) in [4.78, 5) is 13.0. The molecular formula is C12H18N2O2S2. The molecule has 2 N–H and O–H groups in total. The van der Waals surface area contributed by atoms with Gasteiger partial charge in [0.25, 0.3) is 0 Å². The maximum Gasteiger partial charge on any atom is 0.341 e. The minimum absolute atomic E-state index is 0.304. The van der Waals surface area contributed by atoms with E-state index in [9.17, 15) is 4.79 Å². The molecule has 6 heteroatoms. The summed E-state index contributed by atoms with van der Waals surface area (Å²) in [5, 5.41) is 7.31. The Morgan fingerprint density at radius 1 is 1.39 bits per heavy atom. The zero-order valence-electron chi connectivity index (χ0n) is 11.0. The predicted molar refractivity (Wildman–Crippen MR) is 79.6 cm³/mol. The number of hydrogen-bond donors (Lipinski definition) is 2. The molecule has 0 unspecified atom stereocenters. The van der Waals surface area contributed by atoms with Crippen molar-refractivity contribution in [2.24, 2.45) is 0 Å². The fourth-order valence-electron chi connectivity index (χ4n) is 1.47. The number of ether oxygens (including phenoxy) is 1. The minimum Gasteiger partial charge on any atom is -0.462 e. The number of thiophene rings is 1. The van der Waals surface area contributed by atoms with E-state index in [1.54, 1.807) is 6.92 Å². The number of nitrogens with one attached hydrogen (secondary N) is 2. The van der Waals surface area contributed by atoms with E-state index in [1.807, 2.05) is 20.8 Å². The van der Waals surface area contributed by atoms with Crippen molar-refractivity contribution in [1.29, 1.82) is 0 Å². The fraction of sp³-hybridized carbons (Fsp3) is 0.500. The molecule has 100 valence electrons. The van der Waals surface area contributed by atoms with E-state index >= 15 is 0 Å². The van der Waals surface area contributed by atoms with Crippen molar-refractivity contribution < 1.29 is 9.53 Å². The van der Waals surface area contributed by atoms with Crippen LogP contribution in [0.2, 0.25) is 0 Å². The normalized spacial score (nSPS) is 10.0. The molecule has 0 aliphatic carbocycles. The van der Waals surface area contributed by atoms with E-state index in [2.05, 4.69) is 10.6 Å². The van der Waals surface area contributed by atoms with Crippen molar-refractivity contribution in [1.82, 2.24) is 5.32 Å². The first kappa shape index (κ1) is 14.9. The molecule has 0 saturated heterocycles. The van der Waals surface area contributed by atoms with Gasteiger partial charge in [0.15, 0.2) is 5.11 Å². The quantitative estimate of drug-likeness (QED) is 0.658. The highest BCUT2D eigenvalue weighted by Gasteiger charge is 2.21. The highest BCUT2D eigenvalue weighted by Crippen LogP contribution is 2.32. The Bertz CT molecular complexity index is 455. The lowest BCUT2D eigenvalue weighted by Gasteiger charge is -2.09. The summed E-state index contributed by atoms with van der Waals surface area (Å²) in [6, 6.07) is 0. The molecule has 0 atom stereocenters. The Kier molecular flexibility index (Phi) is 5.55. The van der Waals surface area contributed by atoms with Crippen molar-refractivity contribution in [3.63, 3.8) is 0 Å². The largest absolute Gasteiger partial charge is 0.462 e. The van der Waals surface area contributed by atoms with E-state index in [0.29, 0.717) is 17.3 Å². The van der Waals surface area contributed by atoms with Crippen LogP contribution in [0.3, 0.4) is 0 Å². The third kappa shape index (κ3) is 3.43. The van der Waals surface area contributed by atoms with Crippen LogP contribution in [0.15, 0.2) is 0 Å². The second-order valence-corrected chi connectivity index (χ2v) is 5.33. The number of rotatable bonds is 4. The first-order valence-electron chi connectivity index (χ1n) is 5.83. The fourth-order valence-corrected chi connectivity index (χ4v) is 2.84. The number of thiocarbonyl (C=S) groups is 1. The van der Waals surface area contributed by atoms with Crippen LogP contribution >= 0.6 is 23.6 Å². The van der Waals surface area contributed by atoms with Gasteiger partial charge in [-0.1, -0.05) is 0 Å². The van der Waals surface area contributed by atoms with E-state index < -0.39 is 0 Å². The van der Waals surface area contributed by atoms with Gasteiger partial charge in [-0.15, -0.1) is 11.3 Å². The molecular weight excluding hydrogens is 268 g/mol. The summed E-state index contributed by atoms with van der Waals surface area (Å²) in [5.41, 5.74) is 1.53. The van der Waals surface area contributed by atoms with Crippen LogP contribution in [0.4, 0.5) is 5.00 Å². The topological polar surface area (TPSA) is 50.4 Å². The van der Waals surface area contributed by atoms with Crippen molar-refractivity contribution in [2.75, 3.05) is 18.5 Å². The number of carbonyl (C=O) groups excluding carboxylic acids is 1. The van der Waals surface area contributed by atoms with Crippen LogP contribution in [0.1, 0.15) is 34.6 Å². The van der Waals surface area contributed by atoms with Gasteiger partial charge in [0, 0.05) is 11.4 Å². The molecule has 0 aliphatic heterocycles. The molecule has 18 heavy (non-hydrogen) atoms. The Hall–Kier alpha value is -1.14. The van der Waals surface area contributed by atoms with Crippen LogP contribution in [0.5, 0.6) is 0 Å². The third-order valence-corrected chi connectivity index (χ3v) is 3.80. The highest BCUT2D eigenvalue weighted by molar-refractivity contribution is 7.80. The van der Waals surface area contributed by atoms with Crippen molar-refractivity contribution >= 4 is 39.6 Å². The minimum atomic E-state index is -0.304. The molecule has 1 aromatic heterocycles. The average molecular weight is 286 g/mol. The number of aryl methyl sites for hydroxylation is 1. The lowest BCUT2D eigenvalue weighted by atomic mass is 10.1. The van der Waals surface area contributed by atoms with Gasteiger partial charge in [0.05, 0.1) is 12.2 Å².